The first kappa shape index (κ1) is 21.9. The first-order chi connectivity index (χ1) is 15.7. The Balaban J connectivity index is 1.40. The number of para-hydroxylation sites is 1. The smallest absolute Gasteiger partial charge is 0.354 e. The van der Waals surface area contributed by atoms with Gasteiger partial charge in [-0.15, -0.1) is 0 Å². The molecule has 0 aromatic heterocycles. The Morgan fingerprint density at radius 3 is 2.41 bits per heavy atom. The number of ether oxygens (including phenoxy) is 1. The number of carbonyl (C=O) groups excluding carboxylic acids is 2. The molecule has 2 aliphatic rings. The number of benzene rings is 2. The molecule has 0 bridgehead atoms. The number of amides is 1. The summed E-state index contributed by atoms with van der Waals surface area (Å²) in [5, 5.41) is 9.03. The van der Waals surface area contributed by atoms with Gasteiger partial charge in [0.15, 0.2) is 0 Å². The summed E-state index contributed by atoms with van der Waals surface area (Å²) in [6.07, 6.45) is 4.01. The van der Waals surface area contributed by atoms with E-state index in [1.165, 1.54) is 24.9 Å². The summed E-state index contributed by atoms with van der Waals surface area (Å²) in [6.45, 7) is 4.66. The Bertz CT molecular complexity index is 953. The second-order valence-corrected chi connectivity index (χ2v) is 8.10. The van der Waals surface area contributed by atoms with Crippen LogP contribution in [0.3, 0.4) is 0 Å². The quantitative estimate of drug-likeness (QED) is 0.676. The van der Waals surface area contributed by atoms with E-state index < -0.39 is 12.0 Å². The Labute approximate surface area is 189 Å². The van der Waals surface area contributed by atoms with Gasteiger partial charge in [-0.3, -0.25) is 9.80 Å². The van der Waals surface area contributed by atoms with Crippen LogP contribution in [-0.4, -0.2) is 43.3 Å². The van der Waals surface area contributed by atoms with Crippen LogP contribution >= 0.6 is 0 Å². The highest BCUT2D eigenvalue weighted by atomic mass is 16.5. The molecule has 1 fully saturated rings. The average molecular weight is 435 g/mol. The molecule has 7 heteroatoms. The molecule has 0 spiro atoms. The van der Waals surface area contributed by atoms with Crippen molar-refractivity contribution in [1.29, 1.82) is 0 Å². The van der Waals surface area contributed by atoms with Gasteiger partial charge in [-0.25, -0.2) is 4.79 Å². The minimum absolute atomic E-state index is 0.169. The van der Waals surface area contributed by atoms with Crippen molar-refractivity contribution in [3.05, 3.63) is 60.2 Å². The fourth-order valence-corrected chi connectivity index (χ4v) is 4.15. The van der Waals surface area contributed by atoms with E-state index >= 15 is 0 Å². The molecule has 2 aromatic carbocycles. The maximum absolute atomic E-state index is 13.1. The molecule has 1 N–H and O–H groups in total. The molecule has 0 aliphatic carbocycles. The van der Waals surface area contributed by atoms with Crippen molar-refractivity contribution >= 4 is 29.0 Å². The highest BCUT2D eigenvalue weighted by Gasteiger charge is 2.36. The number of piperidine rings is 1. The minimum atomic E-state index is -0.593. The number of hydrogen-bond acceptors (Lipinski definition) is 6. The topological polar surface area (TPSA) is 74.2 Å². The molecule has 1 atom stereocenters. The molecular weight excluding hydrogens is 404 g/mol. The number of hydrazone groups is 1. The molecule has 2 aromatic rings. The third-order valence-electron chi connectivity index (χ3n) is 5.87. The van der Waals surface area contributed by atoms with Crippen LogP contribution in [0.15, 0.2) is 59.7 Å². The molecule has 2 aliphatic heterocycles. The molecule has 2 heterocycles. The van der Waals surface area contributed by atoms with E-state index in [-0.39, 0.29) is 24.6 Å². The summed E-state index contributed by atoms with van der Waals surface area (Å²) in [6, 6.07) is 17.2. The van der Waals surface area contributed by atoms with Crippen LogP contribution in [0.2, 0.25) is 0 Å². The van der Waals surface area contributed by atoms with Crippen LogP contribution < -0.4 is 15.2 Å². The largest absolute Gasteiger partial charge is 0.461 e. The molecule has 32 heavy (non-hydrogen) atoms. The van der Waals surface area contributed by atoms with E-state index in [0.29, 0.717) is 6.54 Å². The Morgan fingerprint density at radius 1 is 1.00 bits per heavy atom. The molecule has 168 valence electrons. The Morgan fingerprint density at radius 2 is 1.72 bits per heavy atom. The van der Waals surface area contributed by atoms with Gasteiger partial charge < -0.3 is 15.0 Å². The average Bonchev–Trinajstić information content (AvgIpc) is 3.30. The van der Waals surface area contributed by atoms with Gasteiger partial charge in [0, 0.05) is 31.7 Å². The first-order valence-corrected chi connectivity index (χ1v) is 11.4. The summed E-state index contributed by atoms with van der Waals surface area (Å²) in [5.74, 6) is -0.644. The number of nitrogens with zero attached hydrogens (tertiary/aromatic N) is 3. The number of nitrogens with one attached hydrogen (secondary N) is 1. The third-order valence-corrected chi connectivity index (χ3v) is 5.87. The zero-order chi connectivity index (χ0) is 22.3. The van der Waals surface area contributed by atoms with Gasteiger partial charge in [-0.1, -0.05) is 30.3 Å². The van der Waals surface area contributed by atoms with Gasteiger partial charge in [-0.2, -0.15) is 5.10 Å². The first-order valence-electron chi connectivity index (χ1n) is 11.4. The van der Waals surface area contributed by atoms with Crippen LogP contribution in [-0.2, 0) is 20.9 Å². The van der Waals surface area contributed by atoms with Crippen molar-refractivity contribution in [3.8, 4) is 0 Å². The minimum Gasteiger partial charge on any atom is -0.461 e. The van der Waals surface area contributed by atoms with Crippen molar-refractivity contribution in [2.24, 2.45) is 5.10 Å². The highest BCUT2D eigenvalue weighted by molar-refractivity contribution is 6.38. The SMILES string of the molecule is CCOC(=O)C1=NN(c2ccccc2)C(C(=O)NCc2ccc(N3CCCCC3)cc2)C1. The lowest BCUT2D eigenvalue weighted by atomic mass is 10.1. The van der Waals surface area contributed by atoms with Gasteiger partial charge in [0.25, 0.3) is 0 Å². The lowest BCUT2D eigenvalue weighted by Crippen LogP contribution is -2.42. The normalized spacial score (nSPS) is 18.3. The van der Waals surface area contributed by atoms with E-state index in [9.17, 15) is 9.59 Å². The van der Waals surface area contributed by atoms with Crippen LogP contribution in [0, 0.1) is 0 Å². The number of anilines is 2. The molecule has 0 radical (unpaired) electrons. The number of rotatable bonds is 7. The summed E-state index contributed by atoms with van der Waals surface area (Å²) in [5.41, 5.74) is 3.30. The fraction of sp³-hybridized carbons (Fsp3) is 0.400. The van der Waals surface area contributed by atoms with Crippen LogP contribution in [0.4, 0.5) is 11.4 Å². The maximum Gasteiger partial charge on any atom is 0.354 e. The standard InChI is InChI=1S/C25H30N4O3/c1-2-32-25(31)22-17-23(29(27-22)21-9-5-3-6-10-21)24(30)26-18-19-11-13-20(14-12-19)28-15-7-4-8-16-28/h3,5-6,9-14,23H,2,4,7-8,15-18H2,1H3,(H,26,30). The van der Waals surface area contributed by atoms with Crippen molar-refractivity contribution in [3.63, 3.8) is 0 Å². The van der Waals surface area contributed by atoms with E-state index in [4.69, 9.17) is 4.74 Å². The lowest BCUT2D eigenvalue weighted by molar-refractivity contribution is -0.135. The zero-order valence-corrected chi connectivity index (χ0v) is 18.5. The highest BCUT2D eigenvalue weighted by Crippen LogP contribution is 2.25. The van der Waals surface area contributed by atoms with Crippen molar-refractivity contribution < 1.29 is 14.3 Å². The second-order valence-electron chi connectivity index (χ2n) is 8.10. The molecule has 0 saturated carbocycles. The third kappa shape index (κ3) is 5.10. The monoisotopic (exact) mass is 434 g/mol. The van der Waals surface area contributed by atoms with Crippen molar-refractivity contribution in [2.75, 3.05) is 29.6 Å². The summed E-state index contributed by atoms with van der Waals surface area (Å²) in [7, 11) is 0. The Hall–Kier alpha value is -3.35. The fourth-order valence-electron chi connectivity index (χ4n) is 4.15. The summed E-state index contributed by atoms with van der Waals surface area (Å²) >= 11 is 0. The van der Waals surface area contributed by atoms with Crippen molar-refractivity contribution in [1.82, 2.24) is 5.32 Å². The molecule has 1 amide bonds. The zero-order valence-electron chi connectivity index (χ0n) is 18.5. The maximum atomic E-state index is 13.1. The van der Waals surface area contributed by atoms with Crippen LogP contribution in [0.25, 0.3) is 0 Å². The van der Waals surface area contributed by atoms with Gasteiger partial charge in [-0.05, 0) is 56.0 Å². The van der Waals surface area contributed by atoms with E-state index in [0.717, 1.165) is 24.3 Å². The molecule has 7 nitrogen and oxygen atoms in total. The van der Waals surface area contributed by atoms with Gasteiger partial charge in [0.1, 0.15) is 11.8 Å². The summed E-state index contributed by atoms with van der Waals surface area (Å²) in [4.78, 5) is 27.7. The predicted octanol–water partition coefficient (Wildman–Crippen LogP) is 3.49. The van der Waals surface area contributed by atoms with Crippen LogP contribution in [0.1, 0.15) is 38.2 Å². The molecule has 4 rings (SSSR count). The van der Waals surface area contributed by atoms with E-state index in [1.807, 2.05) is 30.3 Å². The summed E-state index contributed by atoms with van der Waals surface area (Å²) < 4.78 is 5.10. The van der Waals surface area contributed by atoms with Gasteiger partial charge in [0.2, 0.25) is 5.91 Å². The van der Waals surface area contributed by atoms with Gasteiger partial charge >= 0.3 is 5.97 Å². The number of hydrogen-bond donors (Lipinski definition) is 1. The number of esters is 1. The Kier molecular flexibility index (Phi) is 7.04. The molecule has 1 unspecified atom stereocenters. The lowest BCUT2D eigenvalue weighted by Gasteiger charge is -2.29. The van der Waals surface area contributed by atoms with E-state index in [1.54, 1.807) is 11.9 Å². The molecule has 1 saturated heterocycles. The van der Waals surface area contributed by atoms with E-state index in [2.05, 4.69) is 39.6 Å². The predicted molar refractivity (Wildman–Crippen MR) is 126 cm³/mol. The number of carbonyl (C=O) groups is 2. The van der Waals surface area contributed by atoms with Crippen LogP contribution in [0.5, 0.6) is 0 Å². The second kappa shape index (κ2) is 10.3. The van der Waals surface area contributed by atoms with Crippen molar-refractivity contribution in [2.45, 2.75) is 45.2 Å². The van der Waals surface area contributed by atoms with Gasteiger partial charge in [0.05, 0.1) is 12.3 Å². The molecular formula is C25H30N4O3.